The lowest BCUT2D eigenvalue weighted by molar-refractivity contribution is 0.299. The summed E-state index contributed by atoms with van der Waals surface area (Å²) in [6, 6.07) is 24.4. The van der Waals surface area contributed by atoms with Crippen LogP contribution in [0.15, 0.2) is 60.7 Å². The molecule has 3 aromatic carbocycles. The van der Waals surface area contributed by atoms with Crippen LogP contribution >= 0.6 is 0 Å². The molecule has 0 aromatic heterocycles. The van der Waals surface area contributed by atoms with Gasteiger partial charge in [0, 0.05) is 6.61 Å². The number of aliphatic hydroxyl groups is 1. The Hall–Kier alpha value is -2.38. The van der Waals surface area contributed by atoms with Crippen molar-refractivity contribution in [1.82, 2.24) is 0 Å². The smallest absolute Gasteiger partial charge is 0.0471 e. The minimum absolute atomic E-state index is 0.142. The Morgan fingerprint density at radius 3 is 1.91 bits per heavy atom. The van der Waals surface area contributed by atoms with Crippen molar-refractivity contribution < 1.29 is 5.11 Å². The summed E-state index contributed by atoms with van der Waals surface area (Å²) in [6.07, 6.45) is 0.631. The molecule has 0 bridgehead atoms. The van der Waals surface area contributed by atoms with Crippen molar-refractivity contribution in [2.24, 2.45) is 0 Å². The van der Waals surface area contributed by atoms with Gasteiger partial charge in [-0.1, -0.05) is 60.7 Å². The summed E-state index contributed by atoms with van der Waals surface area (Å²) >= 11 is 0. The molecule has 0 saturated heterocycles. The molecule has 0 spiro atoms. The van der Waals surface area contributed by atoms with Crippen LogP contribution in [0, 0.1) is 19.9 Å². The number of hydrogen-bond acceptors (Lipinski definition) is 1. The number of rotatable bonds is 4. The molecule has 0 saturated carbocycles. The quantitative estimate of drug-likeness (QED) is 0.721. The van der Waals surface area contributed by atoms with Gasteiger partial charge in [-0.05, 0) is 65.3 Å². The predicted molar refractivity (Wildman–Crippen MR) is 96.4 cm³/mol. The molecule has 0 heterocycles. The fourth-order valence-corrected chi connectivity index (χ4v) is 3.19. The summed E-state index contributed by atoms with van der Waals surface area (Å²) in [5.41, 5.74) is 8.30. The Morgan fingerprint density at radius 2 is 1.35 bits per heavy atom. The second-order valence-corrected chi connectivity index (χ2v) is 5.81. The Kier molecular flexibility index (Phi) is 4.59. The normalized spacial score (nSPS) is 10.7. The Balaban J connectivity index is 2.28. The zero-order chi connectivity index (χ0) is 16.2. The largest absolute Gasteiger partial charge is 0.396 e. The highest BCUT2D eigenvalue weighted by molar-refractivity contribution is 5.81. The average molecular weight is 301 g/mol. The molecule has 23 heavy (non-hydrogen) atoms. The zero-order valence-corrected chi connectivity index (χ0v) is 13.6. The third-order valence-electron chi connectivity index (χ3n) is 4.34. The predicted octanol–water partition coefficient (Wildman–Crippen LogP) is 4.97. The van der Waals surface area contributed by atoms with Crippen LogP contribution in [0.1, 0.15) is 16.7 Å². The second-order valence-electron chi connectivity index (χ2n) is 5.81. The molecule has 0 aliphatic heterocycles. The van der Waals surface area contributed by atoms with Gasteiger partial charge in [-0.25, -0.2) is 0 Å². The first kappa shape index (κ1) is 15.5. The molecule has 0 atom stereocenters. The molecule has 0 aliphatic rings. The van der Waals surface area contributed by atoms with Crippen molar-refractivity contribution in [3.63, 3.8) is 0 Å². The fraction of sp³-hybridized carbons (Fsp3) is 0.182. The van der Waals surface area contributed by atoms with Crippen molar-refractivity contribution in [1.29, 1.82) is 0 Å². The first-order valence-electron chi connectivity index (χ1n) is 7.99. The van der Waals surface area contributed by atoms with Gasteiger partial charge in [-0.2, -0.15) is 0 Å². The summed E-state index contributed by atoms with van der Waals surface area (Å²) in [5.74, 6) is 0. The SMILES string of the molecule is Cc1c(CCO)[c]c(-c2ccccc2)c(C)c1-c1ccccc1. The molecular formula is C22H21O. The molecule has 3 rings (SSSR count). The lowest BCUT2D eigenvalue weighted by Gasteiger charge is -2.18. The molecule has 115 valence electrons. The van der Waals surface area contributed by atoms with Gasteiger partial charge >= 0.3 is 0 Å². The topological polar surface area (TPSA) is 20.2 Å². The zero-order valence-electron chi connectivity index (χ0n) is 13.6. The summed E-state index contributed by atoms with van der Waals surface area (Å²) in [5, 5.41) is 9.42. The van der Waals surface area contributed by atoms with Gasteiger partial charge < -0.3 is 5.11 Å². The summed E-state index contributed by atoms with van der Waals surface area (Å²) < 4.78 is 0. The molecule has 0 fully saturated rings. The highest BCUT2D eigenvalue weighted by atomic mass is 16.2. The van der Waals surface area contributed by atoms with Crippen molar-refractivity contribution in [3.8, 4) is 22.3 Å². The molecule has 0 aliphatic carbocycles. The molecule has 1 nitrogen and oxygen atoms in total. The van der Waals surface area contributed by atoms with Crippen molar-refractivity contribution in [3.05, 3.63) is 83.4 Å². The number of hydrogen-bond donors (Lipinski definition) is 1. The second kappa shape index (κ2) is 6.80. The minimum atomic E-state index is 0.142. The van der Waals surface area contributed by atoms with Gasteiger partial charge in [0.1, 0.15) is 0 Å². The van der Waals surface area contributed by atoms with Gasteiger partial charge in [0.05, 0.1) is 0 Å². The van der Waals surface area contributed by atoms with Crippen molar-refractivity contribution in [2.45, 2.75) is 20.3 Å². The third-order valence-corrected chi connectivity index (χ3v) is 4.34. The maximum absolute atomic E-state index is 9.42. The van der Waals surface area contributed by atoms with E-state index < -0.39 is 0 Å². The van der Waals surface area contributed by atoms with Gasteiger partial charge in [0.15, 0.2) is 0 Å². The molecule has 0 amide bonds. The van der Waals surface area contributed by atoms with Crippen LogP contribution in [0.4, 0.5) is 0 Å². The van der Waals surface area contributed by atoms with E-state index in [1.54, 1.807) is 0 Å². The van der Waals surface area contributed by atoms with Crippen LogP contribution in [0.3, 0.4) is 0 Å². The van der Waals surface area contributed by atoms with Crippen LogP contribution in [-0.2, 0) is 6.42 Å². The lowest BCUT2D eigenvalue weighted by Crippen LogP contribution is -2.01. The monoisotopic (exact) mass is 301 g/mol. The molecular weight excluding hydrogens is 280 g/mol. The minimum Gasteiger partial charge on any atom is -0.396 e. The first-order chi connectivity index (χ1) is 11.2. The first-order valence-corrected chi connectivity index (χ1v) is 7.99. The summed E-state index contributed by atoms with van der Waals surface area (Å²) in [7, 11) is 0. The van der Waals surface area contributed by atoms with E-state index in [9.17, 15) is 5.11 Å². The van der Waals surface area contributed by atoms with E-state index in [2.05, 4.69) is 68.4 Å². The summed E-state index contributed by atoms with van der Waals surface area (Å²) in [4.78, 5) is 0. The van der Waals surface area contributed by atoms with Crippen LogP contribution in [0.25, 0.3) is 22.3 Å². The van der Waals surface area contributed by atoms with Crippen molar-refractivity contribution >= 4 is 0 Å². The number of aliphatic hydroxyl groups excluding tert-OH is 1. The van der Waals surface area contributed by atoms with Gasteiger partial charge in [0.2, 0.25) is 0 Å². The van der Waals surface area contributed by atoms with E-state index >= 15 is 0 Å². The molecule has 0 unspecified atom stereocenters. The Labute approximate surface area is 138 Å². The van der Waals surface area contributed by atoms with Crippen LogP contribution in [0.5, 0.6) is 0 Å². The molecule has 3 aromatic rings. The van der Waals surface area contributed by atoms with Crippen LogP contribution < -0.4 is 0 Å². The highest BCUT2D eigenvalue weighted by Gasteiger charge is 2.15. The highest BCUT2D eigenvalue weighted by Crippen LogP contribution is 2.36. The number of benzene rings is 3. The Morgan fingerprint density at radius 1 is 0.783 bits per heavy atom. The van der Waals surface area contributed by atoms with E-state index in [0.717, 1.165) is 11.1 Å². The maximum atomic E-state index is 9.42. The van der Waals surface area contributed by atoms with E-state index in [1.807, 2.05) is 12.1 Å². The fourth-order valence-electron chi connectivity index (χ4n) is 3.19. The molecule has 1 radical (unpaired) electrons. The molecule has 1 N–H and O–H groups in total. The van der Waals surface area contributed by atoms with E-state index in [0.29, 0.717) is 6.42 Å². The maximum Gasteiger partial charge on any atom is 0.0471 e. The van der Waals surface area contributed by atoms with E-state index in [4.69, 9.17) is 0 Å². The van der Waals surface area contributed by atoms with Crippen molar-refractivity contribution in [2.75, 3.05) is 6.61 Å². The third kappa shape index (κ3) is 3.06. The van der Waals surface area contributed by atoms with Crippen LogP contribution in [0.2, 0.25) is 0 Å². The van der Waals surface area contributed by atoms with Gasteiger partial charge in [-0.3, -0.25) is 0 Å². The lowest BCUT2D eigenvalue weighted by atomic mass is 9.86. The molecule has 1 heteroatoms. The van der Waals surface area contributed by atoms with E-state index in [-0.39, 0.29) is 6.61 Å². The van der Waals surface area contributed by atoms with Gasteiger partial charge in [-0.15, -0.1) is 0 Å². The van der Waals surface area contributed by atoms with Gasteiger partial charge in [0.25, 0.3) is 0 Å². The van der Waals surface area contributed by atoms with Crippen LogP contribution in [-0.4, -0.2) is 11.7 Å². The standard InChI is InChI=1S/C22H21O/c1-16-20(13-14-23)15-21(18-9-5-3-6-10-18)17(2)22(16)19-11-7-4-8-12-19/h3-12,23H,13-14H2,1-2H3. The average Bonchev–Trinajstić information content (AvgIpc) is 2.59. The van der Waals surface area contributed by atoms with E-state index in [1.165, 1.54) is 27.8 Å². The summed E-state index contributed by atoms with van der Waals surface area (Å²) in [6.45, 7) is 4.44. The Bertz CT molecular complexity index is 789.